The van der Waals surface area contributed by atoms with Crippen LogP contribution in [0, 0.1) is 15.9 Å². The van der Waals surface area contributed by atoms with Crippen LogP contribution in [0.4, 0.5) is 10.1 Å². The third kappa shape index (κ3) is 3.48. The molecule has 0 atom stereocenters. The number of pyridine rings is 1. The van der Waals surface area contributed by atoms with E-state index >= 15 is 0 Å². The zero-order valence-electron chi connectivity index (χ0n) is 9.95. The summed E-state index contributed by atoms with van der Waals surface area (Å²) in [6, 6.07) is 7.22. The predicted octanol–water partition coefficient (Wildman–Crippen LogP) is 2.75. The van der Waals surface area contributed by atoms with Gasteiger partial charge in [0.2, 0.25) is 5.82 Å². The molecule has 0 bridgehead atoms. The van der Waals surface area contributed by atoms with Crippen LogP contribution in [-0.4, -0.2) is 16.5 Å². The summed E-state index contributed by atoms with van der Waals surface area (Å²) in [5, 5.41) is 10.5. The van der Waals surface area contributed by atoms with Crippen molar-refractivity contribution in [3.05, 3.63) is 64.2 Å². The van der Waals surface area contributed by atoms with Gasteiger partial charge in [-0.1, -0.05) is 0 Å². The van der Waals surface area contributed by atoms with Crippen molar-refractivity contribution in [1.82, 2.24) is 4.98 Å². The first kappa shape index (κ1) is 12.9. The molecule has 0 N–H and O–H groups in total. The van der Waals surface area contributed by atoms with Crippen LogP contribution in [0.1, 0.15) is 5.56 Å². The average Bonchev–Trinajstić information content (AvgIpc) is 2.39. The van der Waals surface area contributed by atoms with Crippen LogP contribution in [0.25, 0.3) is 0 Å². The molecule has 0 aliphatic heterocycles. The van der Waals surface area contributed by atoms with E-state index in [1.54, 1.807) is 12.4 Å². The fraction of sp³-hybridized carbons (Fsp3) is 0.154. The minimum atomic E-state index is -0.897. The molecule has 1 aromatic carbocycles. The van der Waals surface area contributed by atoms with E-state index in [-0.39, 0.29) is 5.75 Å². The summed E-state index contributed by atoms with van der Waals surface area (Å²) < 4.78 is 18.7. The molecule has 2 aromatic rings. The van der Waals surface area contributed by atoms with E-state index in [9.17, 15) is 14.5 Å². The third-order valence-electron chi connectivity index (χ3n) is 2.52. The molecule has 2 rings (SSSR count). The number of nitrogens with zero attached hydrogens (tertiary/aromatic N) is 2. The van der Waals surface area contributed by atoms with Crippen LogP contribution in [0.15, 0.2) is 42.7 Å². The van der Waals surface area contributed by atoms with Crippen LogP contribution in [0.3, 0.4) is 0 Å². The molecule has 0 saturated heterocycles. The van der Waals surface area contributed by atoms with Gasteiger partial charge in [-0.05, 0) is 23.8 Å². The molecule has 98 valence electrons. The molecule has 0 aliphatic carbocycles. The Kier molecular flexibility index (Phi) is 4.02. The van der Waals surface area contributed by atoms with Gasteiger partial charge in [0.15, 0.2) is 0 Å². The molecule has 0 aliphatic rings. The van der Waals surface area contributed by atoms with Crippen molar-refractivity contribution >= 4 is 5.69 Å². The minimum Gasteiger partial charge on any atom is -0.493 e. The molecule has 0 fully saturated rings. The lowest BCUT2D eigenvalue weighted by Gasteiger charge is -2.06. The fourth-order valence-electron chi connectivity index (χ4n) is 1.56. The van der Waals surface area contributed by atoms with E-state index in [0.29, 0.717) is 13.0 Å². The standard InChI is InChI=1S/C13H11FN2O3/c14-12-9-11(1-2-13(12)16(17)18)19-8-5-10-3-6-15-7-4-10/h1-4,6-7,9H,5,8H2. The summed E-state index contributed by atoms with van der Waals surface area (Å²) in [5.74, 6) is -0.622. The van der Waals surface area contributed by atoms with E-state index in [4.69, 9.17) is 4.74 Å². The van der Waals surface area contributed by atoms with Crippen LogP contribution in [0.5, 0.6) is 5.75 Å². The van der Waals surface area contributed by atoms with Gasteiger partial charge in [-0.2, -0.15) is 4.39 Å². The van der Waals surface area contributed by atoms with Gasteiger partial charge >= 0.3 is 5.69 Å². The first-order valence-corrected chi connectivity index (χ1v) is 5.62. The average molecular weight is 262 g/mol. The minimum absolute atomic E-state index is 0.275. The van der Waals surface area contributed by atoms with Gasteiger partial charge in [0.05, 0.1) is 11.5 Å². The molecular weight excluding hydrogens is 251 g/mol. The highest BCUT2D eigenvalue weighted by molar-refractivity contribution is 5.37. The zero-order chi connectivity index (χ0) is 13.7. The summed E-state index contributed by atoms with van der Waals surface area (Å²) in [6.45, 7) is 0.362. The molecule has 0 amide bonds. The van der Waals surface area contributed by atoms with E-state index in [0.717, 1.165) is 17.7 Å². The van der Waals surface area contributed by atoms with Crippen molar-refractivity contribution in [2.75, 3.05) is 6.61 Å². The Balaban J connectivity index is 1.93. The maximum absolute atomic E-state index is 13.3. The molecule has 0 saturated carbocycles. The Morgan fingerprint density at radius 3 is 2.63 bits per heavy atom. The topological polar surface area (TPSA) is 65.3 Å². The van der Waals surface area contributed by atoms with Gasteiger partial charge in [0.1, 0.15) is 5.75 Å². The smallest absolute Gasteiger partial charge is 0.305 e. The van der Waals surface area contributed by atoms with Crippen LogP contribution >= 0.6 is 0 Å². The molecule has 5 nitrogen and oxygen atoms in total. The van der Waals surface area contributed by atoms with Crippen LogP contribution in [0.2, 0.25) is 0 Å². The molecular formula is C13H11FN2O3. The molecule has 0 spiro atoms. The first-order chi connectivity index (χ1) is 9.16. The lowest BCUT2D eigenvalue weighted by Crippen LogP contribution is -2.02. The number of hydrogen-bond acceptors (Lipinski definition) is 4. The Morgan fingerprint density at radius 1 is 1.26 bits per heavy atom. The number of nitro groups is 1. The lowest BCUT2D eigenvalue weighted by molar-refractivity contribution is -0.387. The fourth-order valence-corrected chi connectivity index (χ4v) is 1.56. The molecule has 6 heteroatoms. The van der Waals surface area contributed by atoms with Crippen molar-refractivity contribution in [1.29, 1.82) is 0 Å². The third-order valence-corrected chi connectivity index (χ3v) is 2.52. The summed E-state index contributed by atoms with van der Waals surface area (Å²) in [7, 11) is 0. The van der Waals surface area contributed by atoms with E-state index in [1.807, 2.05) is 12.1 Å². The van der Waals surface area contributed by atoms with Crippen molar-refractivity contribution < 1.29 is 14.1 Å². The highest BCUT2D eigenvalue weighted by Gasteiger charge is 2.14. The van der Waals surface area contributed by atoms with Crippen LogP contribution < -0.4 is 4.74 Å². The zero-order valence-corrected chi connectivity index (χ0v) is 9.95. The second-order valence-electron chi connectivity index (χ2n) is 3.82. The Hall–Kier alpha value is -2.50. The Morgan fingerprint density at radius 2 is 2.00 bits per heavy atom. The Bertz CT molecular complexity index is 575. The van der Waals surface area contributed by atoms with Crippen molar-refractivity contribution in [3.63, 3.8) is 0 Å². The van der Waals surface area contributed by atoms with Gasteiger partial charge < -0.3 is 4.74 Å². The summed E-state index contributed by atoms with van der Waals surface area (Å²) in [6.07, 6.45) is 4.02. The SMILES string of the molecule is O=[N+]([O-])c1ccc(OCCc2ccncc2)cc1F. The molecule has 0 radical (unpaired) electrons. The normalized spacial score (nSPS) is 10.2. The monoisotopic (exact) mass is 262 g/mol. The van der Waals surface area contributed by atoms with Crippen molar-refractivity contribution in [3.8, 4) is 5.75 Å². The summed E-state index contributed by atoms with van der Waals surface area (Å²) >= 11 is 0. The number of rotatable bonds is 5. The van der Waals surface area contributed by atoms with Crippen LogP contribution in [-0.2, 0) is 6.42 Å². The number of ether oxygens (including phenoxy) is 1. The van der Waals surface area contributed by atoms with E-state index in [1.165, 1.54) is 6.07 Å². The number of benzene rings is 1. The lowest BCUT2D eigenvalue weighted by atomic mass is 10.2. The van der Waals surface area contributed by atoms with E-state index < -0.39 is 16.4 Å². The predicted molar refractivity (Wildman–Crippen MR) is 66.5 cm³/mol. The second kappa shape index (κ2) is 5.90. The molecule has 19 heavy (non-hydrogen) atoms. The second-order valence-corrected chi connectivity index (χ2v) is 3.82. The van der Waals surface area contributed by atoms with Crippen molar-refractivity contribution in [2.45, 2.75) is 6.42 Å². The maximum Gasteiger partial charge on any atom is 0.305 e. The number of hydrogen-bond donors (Lipinski definition) is 0. The van der Waals surface area contributed by atoms with Crippen molar-refractivity contribution in [2.24, 2.45) is 0 Å². The number of halogens is 1. The largest absolute Gasteiger partial charge is 0.493 e. The highest BCUT2D eigenvalue weighted by Crippen LogP contribution is 2.22. The van der Waals surface area contributed by atoms with Gasteiger partial charge in [0.25, 0.3) is 0 Å². The molecule has 1 heterocycles. The quantitative estimate of drug-likeness (QED) is 0.614. The number of nitro benzene ring substituents is 1. The summed E-state index contributed by atoms with van der Waals surface area (Å²) in [5.41, 5.74) is 0.499. The highest BCUT2D eigenvalue weighted by atomic mass is 19.1. The molecule has 1 aromatic heterocycles. The van der Waals surface area contributed by atoms with Gasteiger partial charge in [0, 0.05) is 30.9 Å². The van der Waals surface area contributed by atoms with Gasteiger partial charge in [-0.3, -0.25) is 15.1 Å². The maximum atomic E-state index is 13.3. The number of aromatic nitrogens is 1. The summed E-state index contributed by atoms with van der Waals surface area (Å²) in [4.78, 5) is 13.6. The molecule has 0 unspecified atom stereocenters. The van der Waals surface area contributed by atoms with Gasteiger partial charge in [-0.25, -0.2) is 0 Å². The Labute approximate surface area is 108 Å². The van der Waals surface area contributed by atoms with E-state index in [2.05, 4.69) is 4.98 Å². The van der Waals surface area contributed by atoms with Gasteiger partial charge in [-0.15, -0.1) is 0 Å². The first-order valence-electron chi connectivity index (χ1n) is 5.62.